The van der Waals surface area contributed by atoms with Crippen molar-refractivity contribution < 1.29 is 13.9 Å². The van der Waals surface area contributed by atoms with Gasteiger partial charge < -0.3 is 4.74 Å². The minimum absolute atomic E-state index is 0.286. The zero-order valence-corrected chi connectivity index (χ0v) is 11.3. The number of fused-ring (bicyclic) bond motifs is 1. The summed E-state index contributed by atoms with van der Waals surface area (Å²) >= 11 is 0. The third-order valence-electron chi connectivity index (χ3n) is 3.11. The van der Waals surface area contributed by atoms with Crippen LogP contribution >= 0.6 is 0 Å². The van der Waals surface area contributed by atoms with Crippen LogP contribution in [0.3, 0.4) is 0 Å². The molecule has 0 atom stereocenters. The van der Waals surface area contributed by atoms with Gasteiger partial charge in [-0.1, -0.05) is 18.2 Å². The fourth-order valence-electron chi connectivity index (χ4n) is 2.06. The Bertz CT molecular complexity index is 814. The van der Waals surface area contributed by atoms with Gasteiger partial charge in [-0.05, 0) is 23.8 Å². The summed E-state index contributed by atoms with van der Waals surface area (Å²) in [6, 6.07) is 9.69. The SMILES string of the molecule is COC(=O)c1ccn2nc(Cc3ccccc3F)nc2c1. The number of pyridine rings is 1. The molecule has 2 heterocycles. The third-order valence-corrected chi connectivity index (χ3v) is 3.11. The zero-order valence-electron chi connectivity index (χ0n) is 11.3. The maximum Gasteiger partial charge on any atom is 0.338 e. The number of aromatic nitrogens is 3. The molecule has 2 aromatic heterocycles. The van der Waals surface area contributed by atoms with Crippen molar-refractivity contribution in [2.45, 2.75) is 6.42 Å². The van der Waals surface area contributed by atoms with Crippen LogP contribution in [0.4, 0.5) is 4.39 Å². The molecular weight excluding hydrogens is 273 g/mol. The fourth-order valence-corrected chi connectivity index (χ4v) is 2.06. The predicted octanol–water partition coefficient (Wildman–Crippen LogP) is 2.25. The van der Waals surface area contributed by atoms with E-state index >= 15 is 0 Å². The number of nitrogens with zero attached hydrogens (tertiary/aromatic N) is 3. The van der Waals surface area contributed by atoms with Crippen molar-refractivity contribution in [1.29, 1.82) is 0 Å². The molecule has 0 radical (unpaired) electrons. The largest absolute Gasteiger partial charge is 0.465 e. The summed E-state index contributed by atoms with van der Waals surface area (Å²) in [5.41, 5.74) is 1.45. The van der Waals surface area contributed by atoms with Crippen molar-refractivity contribution in [3.63, 3.8) is 0 Å². The lowest BCUT2D eigenvalue weighted by atomic mass is 10.1. The van der Waals surface area contributed by atoms with Gasteiger partial charge in [-0.2, -0.15) is 5.10 Å². The number of hydrogen-bond acceptors (Lipinski definition) is 4. The number of methoxy groups -OCH3 is 1. The van der Waals surface area contributed by atoms with E-state index in [0.29, 0.717) is 29.0 Å². The summed E-state index contributed by atoms with van der Waals surface area (Å²) in [4.78, 5) is 15.8. The Kier molecular flexibility index (Phi) is 3.35. The number of benzene rings is 1. The minimum Gasteiger partial charge on any atom is -0.465 e. The Morgan fingerprint density at radius 1 is 1.33 bits per heavy atom. The highest BCUT2D eigenvalue weighted by atomic mass is 19.1. The fraction of sp³-hybridized carbons (Fsp3) is 0.133. The molecule has 0 saturated carbocycles. The van der Waals surface area contributed by atoms with Crippen molar-refractivity contribution in [1.82, 2.24) is 14.6 Å². The van der Waals surface area contributed by atoms with Gasteiger partial charge >= 0.3 is 5.97 Å². The number of esters is 1. The molecule has 106 valence electrons. The number of rotatable bonds is 3. The maximum atomic E-state index is 13.6. The maximum absolute atomic E-state index is 13.6. The van der Waals surface area contributed by atoms with Gasteiger partial charge in [0.05, 0.1) is 12.7 Å². The molecule has 5 nitrogen and oxygen atoms in total. The summed E-state index contributed by atoms with van der Waals surface area (Å²) in [6.45, 7) is 0. The molecule has 21 heavy (non-hydrogen) atoms. The van der Waals surface area contributed by atoms with E-state index in [1.165, 1.54) is 13.2 Å². The smallest absolute Gasteiger partial charge is 0.338 e. The third kappa shape index (κ3) is 2.60. The van der Waals surface area contributed by atoms with Crippen molar-refractivity contribution >= 4 is 11.6 Å². The van der Waals surface area contributed by atoms with Crippen molar-refractivity contribution in [2.24, 2.45) is 0 Å². The molecule has 0 N–H and O–H groups in total. The van der Waals surface area contributed by atoms with Crippen LogP contribution in [-0.4, -0.2) is 27.7 Å². The summed E-state index contributed by atoms with van der Waals surface area (Å²) in [5.74, 6) is -0.232. The number of ether oxygens (including phenoxy) is 1. The second kappa shape index (κ2) is 5.32. The van der Waals surface area contributed by atoms with Crippen LogP contribution in [-0.2, 0) is 11.2 Å². The predicted molar refractivity (Wildman–Crippen MR) is 73.5 cm³/mol. The van der Waals surface area contributed by atoms with Crippen LogP contribution < -0.4 is 0 Å². The average molecular weight is 285 g/mol. The van der Waals surface area contributed by atoms with E-state index in [1.54, 1.807) is 41.0 Å². The van der Waals surface area contributed by atoms with Crippen LogP contribution in [0.2, 0.25) is 0 Å². The highest BCUT2D eigenvalue weighted by Crippen LogP contribution is 2.12. The molecule has 1 aromatic carbocycles. The summed E-state index contributed by atoms with van der Waals surface area (Å²) in [6.07, 6.45) is 1.92. The molecule has 0 spiro atoms. The number of hydrogen-bond donors (Lipinski definition) is 0. The summed E-state index contributed by atoms with van der Waals surface area (Å²) in [7, 11) is 1.32. The standard InChI is InChI=1S/C15H12FN3O2/c1-21-15(20)11-6-7-19-14(9-11)17-13(18-19)8-10-4-2-3-5-12(10)16/h2-7,9H,8H2,1H3. The number of carbonyl (C=O) groups is 1. The molecule has 0 bridgehead atoms. The molecule has 0 amide bonds. The monoisotopic (exact) mass is 285 g/mol. The van der Waals surface area contributed by atoms with E-state index in [-0.39, 0.29) is 5.82 Å². The van der Waals surface area contributed by atoms with Gasteiger partial charge in [-0.25, -0.2) is 18.7 Å². The molecule has 3 rings (SSSR count). The van der Waals surface area contributed by atoms with Gasteiger partial charge in [0.1, 0.15) is 5.82 Å². The highest BCUT2D eigenvalue weighted by molar-refractivity contribution is 5.90. The number of halogens is 1. The van der Waals surface area contributed by atoms with Crippen molar-refractivity contribution in [3.05, 3.63) is 65.4 Å². The molecule has 0 unspecified atom stereocenters. The van der Waals surface area contributed by atoms with E-state index in [4.69, 9.17) is 0 Å². The van der Waals surface area contributed by atoms with E-state index < -0.39 is 5.97 Å². The van der Waals surface area contributed by atoms with Gasteiger partial charge in [0.25, 0.3) is 0 Å². The van der Waals surface area contributed by atoms with Gasteiger partial charge in [0.15, 0.2) is 11.5 Å². The first-order valence-electron chi connectivity index (χ1n) is 6.34. The molecule has 0 fully saturated rings. The second-order valence-electron chi connectivity index (χ2n) is 4.51. The van der Waals surface area contributed by atoms with Crippen molar-refractivity contribution in [2.75, 3.05) is 7.11 Å². The van der Waals surface area contributed by atoms with Gasteiger partial charge in [-0.15, -0.1) is 0 Å². The normalized spacial score (nSPS) is 10.8. The van der Waals surface area contributed by atoms with E-state index in [1.807, 2.05) is 0 Å². The van der Waals surface area contributed by atoms with Crippen LogP contribution in [0.5, 0.6) is 0 Å². The van der Waals surface area contributed by atoms with E-state index in [0.717, 1.165) is 0 Å². The second-order valence-corrected chi connectivity index (χ2v) is 4.51. The van der Waals surface area contributed by atoms with Crippen LogP contribution in [0.15, 0.2) is 42.6 Å². The minimum atomic E-state index is -0.434. The Morgan fingerprint density at radius 2 is 2.14 bits per heavy atom. The zero-order chi connectivity index (χ0) is 14.8. The summed E-state index contributed by atoms with van der Waals surface area (Å²) in [5, 5.41) is 4.26. The van der Waals surface area contributed by atoms with Crippen LogP contribution in [0, 0.1) is 5.82 Å². The van der Waals surface area contributed by atoms with Crippen molar-refractivity contribution in [3.8, 4) is 0 Å². The molecule has 0 aliphatic rings. The lowest BCUT2D eigenvalue weighted by molar-refractivity contribution is 0.0600. The molecular formula is C15H12FN3O2. The topological polar surface area (TPSA) is 56.5 Å². The van der Waals surface area contributed by atoms with E-state index in [9.17, 15) is 9.18 Å². The lowest BCUT2D eigenvalue weighted by Crippen LogP contribution is -2.02. The van der Waals surface area contributed by atoms with Gasteiger partial charge in [-0.3, -0.25) is 0 Å². The summed E-state index contributed by atoms with van der Waals surface area (Å²) < 4.78 is 19.8. The van der Waals surface area contributed by atoms with Gasteiger partial charge in [0, 0.05) is 12.6 Å². The Labute approximate surface area is 120 Å². The number of carbonyl (C=O) groups excluding carboxylic acids is 1. The lowest BCUT2D eigenvalue weighted by Gasteiger charge is -1.98. The molecule has 0 aliphatic carbocycles. The van der Waals surface area contributed by atoms with Gasteiger partial charge in [0.2, 0.25) is 0 Å². The first kappa shape index (κ1) is 13.2. The van der Waals surface area contributed by atoms with Crippen LogP contribution in [0.1, 0.15) is 21.7 Å². The Hall–Kier alpha value is -2.76. The molecule has 0 saturated heterocycles. The van der Waals surface area contributed by atoms with Crippen LogP contribution in [0.25, 0.3) is 5.65 Å². The van der Waals surface area contributed by atoms with E-state index in [2.05, 4.69) is 14.8 Å². The molecule has 3 aromatic rings. The molecule has 0 aliphatic heterocycles. The Morgan fingerprint density at radius 3 is 2.90 bits per heavy atom. The quantitative estimate of drug-likeness (QED) is 0.693. The highest BCUT2D eigenvalue weighted by Gasteiger charge is 2.11. The molecule has 6 heteroatoms. The first-order valence-corrected chi connectivity index (χ1v) is 6.34. The Balaban J connectivity index is 1.94. The first-order chi connectivity index (χ1) is 10.2. The average Bonchev–Trinajstić information content (AvgIpc) is 2.90.